The van der Waals surface area contributed by atoms with Crippen LogP contribution in [0.2, 0.25) is 0 Å². The summed E-state index contributed by atoms with van der Waals surface area (Å²) in [4.78, 5) is 1.22. The van der Waals surface area contributed by atoms with Crippen LogP contribution in [0.5, 0.6) is 0 Å². The maximum absolute atomic E-state index is 5.40. The molecule has 52 valence electrons. The zero-order chi connectivity index (χ0) is 7.56. The van der Waals surface area contributed by atoms with Gasteiger partial charge in [0.2, 0.25) is 0 Å². The summed E-state index contributed by atoms with van der Waals surface area (Å²) in [6.07, 6.45) is 0. The number of thiocarbonyl (C=S) groups is 1. The summed E-state index contributed by atoms with van der Waals surface area (Å²) in [6, 6.07) is 7.49. The Kier molecular flexibility index (Phi) is 2.29. The first kappa shape index (κ1) is 7.57. The van der Waals surface area contributed by atoms with Crippen LogP contribution in [-0.4, -0.2) is 4.99 Å². The molecule has 0 saturated carbocycles. The van der Waals surface area contributed by atoms with E-state index in [1.54, 1.807) is 0 Å². The van der Waals surface area contributed by atoms with Crippen molar-refractivity contribution in [2.45, 2.75) is 4.90 Å². The van der Waals surface area contributed by atoms with Crippen LogP contribution in [0, 0.1) is 0 Å². The van der Waals surface area contributed by atoms with Gasteiger partial charge < -0.3 is 5.73 Å². The Morgan fingerprint density at radius 1 is 1.40 bits per heavy atom. The van der Waals surface area contributed by atoms with Gasteiger partial charge in [-0.25, -0.2) is 0 Å². The van der Waals surface area contributed by atoms with E-state index in [0.717, 1.165) is 10.5 Å². The number of hydrogen-bond acceptors (Lipinski definition) is 2. The molecule has 1 aromatic carbocycles. The van der Waals surface area contributed by atoms with E-state index in [1.807, 2.05) is 24.3 Å². The summed E-state index contributed by atoms with van der Waals surface area (Å²) in [5, 5.41) is 0. The average Bonchev–Trinajstić information content (AvgIpc) is 1.88. The van der Waals surface area contributed by atoms with Crippen molar-refractivity contribution in [1.29, 1.82) is 0 Å². The summed E-state index contributed by atoms with van der Waals surface area (Å²) >= 11 is 8.95. The van der Waals surface area contributed by atoms with Crippen LogP contribution in [0.1, 0.15) is 5.56 Å². The molecule has 0 unspecified atom stereocenters. The number of hydrogen-bond donors (Lipinski definition) is 2. The van der Waals surface area contributed by atoms with Gasteiger partial charge in [0.25, 0.3) is 0 Å². The topological polar surface area (TPSA) is 26.0 Å². The van der Waals surface area contributed by atoms with Gasteiger partial charge in [0.1, 0.15) is 4.99 Å². The van der Waals surface area contributed by atoms with Crippen molar-refractivity contribution in [1.82, 2.24) is 0 Å². The number of rotatable bonds is 1. The third-order valence-electron chi connectivity index (χ3n) is 1.17. The van der Waals surface area contributed by atoms with Gasteiger partial charge in [-0.2, -0.15) is 0 Å². The van der Waals surface area contributed by atoms with E-state index >= 15 is 0 Å². The molecule has 0 bridgehead atoms. The highest BCUT2D eigenvalue weighted by atomic mass is 32.1. The average molecular weight is 169 g/mol. The van der Waals surface area contributed by atoms with Gasteiger partial charge in [-0.1, -0.05) is 30.4 Å². The van der Waals surface area contributed by atoms with Crippen molar-refractivity contribution in [2.75, 3.05) is 0 Å². The summed E-state index contributed by atoms with van der Waals surface area (Å²) < 4.78 is 0. The Balaban J connectivity index is 3.15. The Labute approximate surface area is 70.7 Å². The van der Waals surface area contributed by atoms with E-state index in [-0.39, 0.29) is 0 Å². The second-order valence-electron chi connectivity index (χ2n) is 1.88. The Bertz CT molecular complexity index is 258. The van der Waals surface area contributed by atoms with Gasteiger partial charge in [0, 0.05) is 10.5 Å². The second-order valence-corrected chi connectivity index (χ2v) is 2.80. The maximum Gasteiger partial charge on any atom is 0.105 e. The van der Waals surface area contributed by atoms with Crippen molar-refractivity contribution >= 4 is 29.8 Å². The highest BCUT2D eigenvalue weighted by Crippen LogP contribution is 2.11. The smallest absolute Gasteiger partial charge is 0.105 e. The van der Waals surface area contributed by atoms with Crippen molar-refractivity contribution in [3.63, 3.8) is 0 Å². The molecule has 0 aliphatic rings. The first-order chi connectivity index (χ1) is 4.72. The monoisotopic (exact) mass is 169 g/mol. The van der Waals surface area contributed by atoms with E-state index in [2.05, 4.69) is 12.6 Å². The molecule has 0 aliphatic heterocycles. The lowest BCUT2D eigenvalue weighted by molar-refractivity contribution is 1.43. The fourth-order valence-corrected chi connectivity index (χ4v) is 1.22. The van der Waals surface area contributed by atoms with E-state index in [9.17, 15) is 0 Å². The van der Waals surface area contributed by atoms with Crippen molar-refractivity contribution in [3.8, 4) is 0 Å². The van der Waals surface area contributed by atoms with Crippen molar-refractivity contribution < 1.29 is 0 Å². The summed E-state index contributed by atoms with van der Waals surface area (Å²) in [5.41, 5.74) is 6.23. The molecule has 0 spiro atoms. The zero-order valence-electron chi connectivity index (χ0n) is 5.24. The number of thiol groups is 1. The Morgan fingerprint density at radius 2 is 2.00 bits per heavy atom. The lowest BCUT2D eigenvalue weighted by Gasteiger charge is -1.99. The van der Waals surface area contributed by atoms with Gasteiger partial charge in [0.15, 0.2) is 0 Å². The van der Waals surface area contributed by atoms with Crippen LogP contribution in [-0.2, 0) is 0 Å². The van der Waals surface area contributed by atoms with Gasteiger partial charge in [-0.05, 0) is 6.07 Å². The summed E-state index contributed by atoms with van der Waals surface area (Å²) in [6.45, 7) is 0. The van der Waals surface area contributed by atoms with Crippen LogP contribution in [0.15, 0.2) is 29.2 Å². The minimum atomic E-state index is 0.394. The number of nitrogens with two attached hydrogens (primary N) is 1. The molecule has 10 heavy (non-hydrogen) atoms. The fourth-order valence-electron chi connectivity index (χ4n) is 0.682. The normalized spacial score (nSPS) is 9.30. The summed E-state index contributed by atoms with van der Waals surface area (Å²) in [5.74, 6) is 0. The predicted molar refractivity (Wildman–Crippen MR) is 49.6 cm³/mol. The van der Waals surface area contributed by atoms with Crippen molar-refractivity contribution in [2.24, 2.45) is 5.73 Å². The molecular weight excluding hydrogens is 162 g/mol. The van der Waals surface area contributed by atoms with Gasteiger partial charge in [-0.15, -0.1) is 12.6 Å². The van der Waals surface area contributed by atoms with Crippen LogP contribution < -0.4 is 5.73 Å². The maximum atomic E-state index is 5.40. The Morgan fingerprint density at radius 3 is 2.40 bits per heavy atom. The molecule has 1 nitrogen and oxygen atoms in total. The van der Waals surface area contributed by atoms with Crippen LogP contribution >= 0.6 is 24.8 Å². The molecule has 0 atom stereocenters. The predicted octanol–water partition coefficient (Wildman–Crippen LogP) is 1.61. The van der Waals surface area contributed by atoms with Crippen LogP contribution in [0.25, 0.3) is 0 Å². The van der Waals surface area contributed by atoms with Gasteiger partial charge >= 0.3 is 0 Å². The van der Waals surface area contributed by atoms with Crippen molar-refractivity contribution in [3.05, 3.63) is 29.8 Å². The molecular formula is C7H7NS2. The molecule has 3 heteroatoms. The molecule has 0 aromatic heterocycles. The van der Waals surface area contributed by atoms with Crippen LogP contribution in [0.3, 0.4) is 0 Å². The number of benzene rings is 1. The van der Waals surface area contributed by atoms with Gasteiger partial charge in [0.05, 0.1) is 0 Å². The highest BCUT2D eigenvalue weighted by Gasteiger charge is 1.97. The fraction of sp³-hybridized carbons (Fsp3) is 0. The molecule has 0 aliphatic carbocycles. The van der Waals surface area contributed by atoms with Gasteiger partial charge in [-0.3, -0.25) is 0 Å². The molecule has 0 fully saturated rings. The molecule has 0 heterocycles. The quantitative estimate of drug-likeness (QED) is 0.493. The zero-order valence-corrected chi connectivity index (χ0v) is 6.95. The molecule has 1 aromatic rings. The third kappa shape index (κ3) is 1.49. The SMILES string of the molecule is NC(=S)c1ccccc1S. The van der Waals surface area contributed by atoms with Crippen LogP contribution in [0.4, 0.5) is 0 Å². The molecule has 1 rings (SSSR count). The minimum absolute atomic E-state index is 0.394. The highest BCUT2D eigenvalue weighted by molar-refractivity contribution is 7.81. The standard InChI is InChI=1S/C7H7NS2/c8-7(10)5-3-1-2-4-6(5)9/h1-4,9H,(H2,8,10). The molecule has 0 amide bonds. The molecule has 0 saturated heterocycles. The molecule has 2 N–H and O–H groups in total. The minimum Gasteiger partial charge on any atom is -0.389 e. The molecule has 0 radical (unpaired) electrons. The van der Waals surface area contributed by atoms with E-state index in [1.165, 1.54) is 0 Å². The first-order valence-corrected chi connectivity index (χ1v) is 3.65. The third-order valence-corrected chi connectivity index (χ3v) is 1.78. The summed E-state index contributed by atoms with van der Waals surface area (Å²) in [7, 11) is 0. The van der Waals surface area contributed by atoms with E-state index < -0.39 is 0 Å². The Hall–Kier alpha value is -0.540. The lowest BCUT2D eigenvalue weighted by Crippen LogP contribution is -2.09. The second kappa shape index (κ2) is 3.03. The first-order valence-electron chi connectivity index (χ1n) is 2.79. The van der Waals surface area contributed by atoms with E-state index in [4.69, 9.17) is 18.0 Å². The lowest BCUT2D eigenvalue weighted by atomic mass is 10.2. The largest absolute Gasteiger partial charge is 0.389 e. The van der Waals surface area contributed by atoms with E-state index in [0.29, 0.717) is 4.99 Å².